The highest BCUT2D eigenvalue weighted by Crippen LogP contribution is 2.41. The quantitative estimate of drug-likeness (QED) is 0.570. The van der Waals surface area contributed by atoms with Crippen molar-refractivity contribution in [3.63, 3.8) is 0 Å². The molecule has 0 aromatic carbocycles. The van der Waals surface area contributed by atoms with Crippen molar-refractivity contribution in [3.05, 3.63) is 0 Å². The molecule has 0 fully saturated rings. The molecular formula is C12H18F6O2. The lowest BCUT2D eigenvalue weighted by Gasteiger charge is -2.36. The van der Waals surface area contributed by atoms with Crippen LogP contribution in [0.5, 0.6) is 0 Å². The number of carbonyl (C=O) groups excluding carboxylic acids is 1. The van der Waals surface area contributed by atoms with Gasteiger partial charge >= 0.3 is 18.3 Å². The second kappa shape index (κ2) is 5.81. The van der Waals surface area contributed by atoms with Crippen molar-refractivity contribution in [2.75, 3.05) is 0 Å². The van der Waals surface area contributed by atoms with Crippen molar-refractivity contribution in [2.45, 2.75) is 53.1 Å². The monoisotopic (exact) mass is 308 g/mol. The number of hydrogen-bond donors (Lipinski definition) is 0. The van der Waals surface area contributed by atoms with Crippen molar-refractivity contribution in [1.82, 2.24) is 0 Å². The van der Waals surface area contributed by atoms with Crippen LogP contribution in [0.1, 0.15) is 34.6 Å². The number of alkyl halides is 6. The second-order valence-electron chi connectivity index (χ2n) is 5.46. The first-order valence-electron chi connectivity index (χ1n) is 5.99. The normalized spacial score (nSPS) is 14.3. The Morgan fingerprint density at radius 2 is 1.15 bits per heavy atom. The maximum atomic E-state index is 12.4. The van der Waals surface area contributed by atoms with Crippen molar-refractivity contribution >= 4 is 5.97 Å². The number of esters is 1. The van der Waals surface area contributed by atoms with Crippen molar-refractivity contribution in [3.8, 4) is 0 Å². The fourth-order valence-electron chi connectivity index (χ4n) is 1.69. The smallest absolute Gasteiger partial charge is 0.434 e. The standard InChI is InChI=1S/C12H18F6O2/c1-6(2)10(5,7(3)4)9(19)20-8(11(13,14)15)12(16,17)18/h6-8H,1-5H3. The van der Waals surface area contributed by atoms with Gasteiger partial charge in [0.25, 0.3) is 6.10 Å². The number of carbonyl (C=O) groups is 1. The van der Waals surface area contributed by atoms with Gasteiger partial charge in [0.05, 0.1) is 5.41 Å². The fraction of sp³-hybridized carbons (Fsp3) is 0.917. The molecule has 0 aromatic rings. The highest BCUT2D eigenvalue weighted by Gasteiger charge is 2.61. The summed E-state index contributed by atoms with van der Waals surface area (Å²) in [4.78, 5) is 11.8. The summed E-state index contributed by atoms with van der Waals surface area (Å²) in [5, 5.41) is 0. The topological polar surface area (TPSA) is 26.3 Å². The lowest BCUT2D eigenvalue weighted by molar-refractivity contribution is -0.316. The maximum absolute atomic E-state index is 12.4. The number of rotatable bonds is 4. The summed E-state index contributed by atoms with van der Waals surface area (Å²) in [5.74, 6) is -2.45. The third-order valence-electron chi connectivity index (χ3n) is 3.66. The van der Waals surface area contributed by atoms with E-state index >= 15 is 0 Å². The number of halogens is 6. The molecule has 0 unspecified atom stereocenters. The second-order valence-corrected chi connectivity index (χ2v) is 5.46. The molecule has 0 aliphatic carbocycles. The van der Waals surface area contributed by atoms with Gasteiger partial charge in [-0.05, 0) is 18.8 Å². The van der Waals surface area contributed by atoms with Crippen LogP contribution in [0.2, 0.25) is 0 Å². The Morgan fingerprint density at radius 1 is 0.850 bits per heavy atom. The van der Waals surface area contributed by atoms with Crippen LogP contribution in [0.15, 0.2) is 0 Å². The summed E-state index contributed by atoms with van der Waals surface area (Å²) in [6.07, 6.45) is -15.5. The van der Waals surface area contributed by atoms with Crippen LogP contribution in [-0.4, -0.2) is 24.4 Å². The molecule has 0 rings (SSSR count). The largest absolute Gasteiger partial charge is 0.442 e. The zero-order valence-corrected chi connectivity index (χ0v) is 11.8. The lowest BCUT2D eigenvalue weighted by atomic mass is 9.70. The third kappa shape index (κ3) is 4.02. The van der Waals surface area contributed by atoms with Crippen LogP contribution in [-0.2, 0) is 9.53 Å². The van der Waals surface area contributed by atoms with Gasteiger partial charge in [-0.3, -0.25) is 4.79 Å². The predicted octanol–water partition coefficient (Wildman–Crippen LogP) is 4.34. The molecular weight excluding hydrogens is 290 g/mol. The van der Waals surface area contributed by atoms with Gasteiger partial charge in [0.15, 0.2) is 0 Å². The molecule has 0 heterocycles. The first-order valence-corrected chi connectivity index (χ1v) is 5.99. The highest BCUT2D eigenvalue weighted by molar-refractivity contribution is 5.77. The lowest BCUT2D eigenvalue weighted by Crippen LogP contribution is -2.50. The molecule has 20 heavy (non-hydrogen) atoms. The van der Waals surface area contributed by atoms with Gasteiger partial charge in [-0.1, -0.05) is 27.7 Å². The summed E-state index contributed by atoms with van der Waals surface area (Å²) in [5.41, 5.74) is -1.44. The van der Waals surface area contributed by atoms with E-state index in [-0.39, 0.29) is 0 Å². The van der Waals surface area contributed by atoms with Gasteiger partial charge in [0, 0.05) is 0 Å². The van der Waals surface area contributed by atoms with Crippen molar-refractivity contribution < 1.29 is 35.9 Å². The summed E-state index contributed by atoms with van der Waals surface area (Å²) < 4.78 is 78.0. The van der Waals surface area contributed by atoms with E-state index in [9.17, 15) is 31.1 Å². The molecule has 0 bridgehead atoms. The molecule has 0 radical (unpaired) electrons. The molecule has 2 nitrogen and oxygen atoms in total. The number of hydrogen-bond acceptors (Lipinski definition) is 2. The average Bonchev–Trinajstić information content (AvgIpc) is 2.20. The maximum Gasteiger partial charge on any atom is 0.434 e. The van der Waals surface area contributed by atoms with Gasteiger partial charge < -0.3 is 4.74 Å². The first kappa shape index (κ1) is 19.1. The van der Waals surface area contributed by atoms with E-state index in [2.05, 4.69) is 4.74 Å². The zero-order chi connectivity index (χ0) is 16.5. The minimum atomic E-state index is -5.69. The summed E-state index contributed by atoms with van der Waals surface area (Å²) >= 11 is 0. The molecule has 0 saturated heterocycles. The third-order valence-corrected chi connectivity index (χ3v) is 3.66. The number of ether oxygens (including phenoxy) is 1. The first-order chi connectivity index (χ1) is 8.65. The Balaban J connectivity index is 5.41. The van der Waals surface area contributed by atoms with E-state index in [1.807, 2.05) is 0 Å². The molecule has 0 aromatic heterocycles. The Morgan fingerprint density at radius 3 is 1.35 bits per heavy atom. The fourth-order valence-corrected chi connectivity index (χ4v) is 1.69. The molecule has 0 spiro atoms. The van der Waals surface area contributed by atoms with Crippen molar-refractivity contribution in [2.24, 2.45) is 17.3 Å². The van der Waals surface area contributed by atoms with E-state index in [1.54, 1.807) is 0 Å². The Hall–Kier alpha value is -0.950. The SMILES string of the molecule is CC(C)C(C)(C(=O)OC(C(F)(F)F)C(F)(F)F)C(C)C. The zero-order valence-electron chi connectivity index (χ0n) is 11.8. The predicted molar refractivity (Wildman–Crippen MR) is 59.8 cm³/mol. The summed E-state index contributed by atoms with van der Waals surface area (Å²) in [6.45, 7) is 7.46. The van der Waals surface area contributed by atoms with Gasteiger partial charge in [-0.15, -0.1) is 0 Å². The van der Waals surface area contributed by atoms with E-state index in [0.717, 1.165) is 0 Å². The average molecular weight is 308 g/mol. The van der Waals surface area contributed by atoms with Gasteiger partial charge in [0.2, 0.25) is 0 Å². The molecule has 0 N–H and O–H groups in total. The molecule has 0 aliphatic rings. The van der Waals surface area contributed by atoms with E-state index in [4.69, 9.17) is 0 Å². The summed E-state index contributed by atoms with van der Waals surface area (Å²) in [7, 11) is 0. The van der Waals surface area contributed by atoms with E-state index in [1.165, 1.54) is 34.6 Å². The van der Waals surface area contributed by atoms with E-state index in [0.29, 0.717) is 0 Å². The molecule has 8 heteroatoms. The van der Waals surface area contributed by atoms with Gasteiger partial charge in [0.1, 0.15) is 0 Å². The van der Waals surface area contributed by atoms with Gasteiger partial charge in [-0.25, -0.2) is 0 Å². The van der Waals surface area contributed by atoms with Crippen LogP contribution < -0.4 is 0 Å². The molecule has 0 atom stereocenters. The van der Waals surface area contributed by atoms with Crippen LogP contribution in [0, 0.1) is 17.3 Å². The van der Waals surface area contributed by atoms with Crippen LogP contribution >= 0.6 is 0 Å². The molecule has 0 saturated carbocycles. The van der Waals surface area contributed by atoms with Crippen LogP contribution in [0.3, 0.4) is 0 Å². The Labute approximate surface area is 113 Å². The van der Waals surface area contributed by atoms with Crippen molar-refractivity contribution in [1.29, 1.82) is 0 Å². The van der Waals surface area contributed by atoms with Gasteiger partial charge in [-0.2, -0.15) is 26.3 Å². The Kier molecular flexibility index (Phi) is 5.53. The molecule has 0 amide bonds. The van der Waals surface area contributed by atoms with E-state index < -0.39 is 41.7 Å². The van der Waals surface area contributed by atoms with Crippen LogP contribution in [0.25, 0.3) is 0 Å². The minimum absolute atomic E-state index is 0.475. The molecule has 0 aliphatic heterocycles. The van der Waals surface area contributed by atoms with Crippen LogP contribution in [0.4, 0.5) is 26.3 Å². The Bertz CT molecular complexity index is 321. The minimum Gasteiger partial charge on any atom is -0.442 e. The summed E-state index contributed by atoms with van der Waals surface area (Å²) in [6, 6.07) is 0. The highest BCUT2D eigenvalue weighted by atomic mass is 19.4. The molecule has 120 valence electrons.